The number of rotatable bonds is 0. The van der Waals surface area contributed by atoms with E-state index in [2.05, 4.69) is 20.9 Å². The summed E-state index contributed by atoms with van der Waals surface area (Å²) in [6.45, 7) is 1.20. The lowest BCUT2D eigenvalue weighted by atomic mass is 9.74. The number of guanidine groups is 1. The summed E-state index contributed by atoms with van der Waals surface area (Å²) in [5.74, 6) is 0.822. The zero-order valence-electron chi connectivity index (χ0n) is 12.8. The van der Waals surface area contributed by atoms with Crippen LogP contribution in [-0.2, 0) is 15.1 Å². The predicted octanol–water partition coefficient (Wildman–Crippen LogP) is 1.76. The number of nitrogens with zero attached hydrogens (tertiary/aromatic N) is 2. The lowest BCUT2D eigenvalue weighted by Crippen LogP contribution is -2.55. The van der Waals surface area contributed by atoms with Crippen LogP contribution < -0.4 is 10.5 Å². The van der Waals surface area contributed by atoms with E-state index >= 15 is 0 Å². The lowest BCUT2D eigenvalue weighted by molar-refractivity contribution is -0.139. The zero-order valence-corrected chi connectivity index (χ0v) is 14.4. The number of likely N-dealkylation sites (N-methyl/N-ethyl adjacent to an activating group) is 1. The number of amides is 1. The highest BCUT2D eigenvalue weighted by Crippen LogP contribution is 2.51. The second-order valence-corrected chi connectivity index (χ2v) is 7.37. The van der Waals surface area contributed by atoms with Crippen LogP contribution in [0.2, 0.25) is 0 Å². The van der Waals surface area contributed by atoms with Crippen LogP contribution in [0.25, 0.3) is 0 Å². The van der Waals surface area contributed by atoms with Crippen LogP contribution in [0, 0.1) is 0 Å². The average molecular weight is 380 g/mol. The second kappa shape index (κ2) is 4.95. The van der Waals surface area contributed by atoms with Gasteiger partial charge in [0.2, 0.25) is 0 Å². The van der Waals surface area contributed by atoms with Gasteiger partial charge in [0.1, 0.15) is 11.4 Å². The molecule has 0 aromatic heterocycles. The van der Waals surface area contributed by atoms with Crippen molar-refractivity contribution in [3.8, 4) is 5.75 Å². The molecule has 0 unspecified atom stereocenters. The van der Waals surface area contributed by atoms with Gasteiger partial charge >= 0.3 is 0 Å². The molecule has 7 heteroatoms. The summed E-state index contributed by atoms with van der Waals surface area (Å²) < 4.78 is 12.8. The Labute approximate surface area is 142 Å². The Morgan fingerprint density at radius 1 is 1.43 bits per heavy atom. The van der Waals surface area contributed by atoms with Gasteiger partial charge in [0, 0.05) is 30.1 Å². The summed E-state index contributed by atoms with van der Waals surface area (Å²) in [5.41, 5.74) is 5.18. The van der Waals surface area contributed by atoms with Crippen molar-refractivity contribution < 1.29 is 14.3 Å². The van der Waals surface area contributed by atoms with Gasteiger partial charge in [-0.25, -0.2) is 4.99 Å². The Hall–Kier alpha value is -1.60. The highest BCUT2D eigenvalue weighted by Gasteiger charge is 2.58. The number of halogens is 1. The molecule has 0 aliphatic carbocycles. The summed E-state index contributed by atoms with van der Waals surface area (Å²) in [4.78, 5) is 19.0. The van der Waals surface area contributed by atoms with Crippen LogP contribution in [0.15, 0.2) is 27.7 Å². The summed E-state index contributed by atoms with van der Waals surface area (Å²) in [5, 5.41) is 0. The molecule has 0 bridgehead atoms. The molecule has 3 aliphatic rings. The first-order valence-corrected chi connectivity index (χ1v) is 8.45. The van der Waals surface area contributed by atoms with Crippen molar-refractivity contribution in [3.05, 3.63) is 28.2 Å². The number of carbonyl (C=O) groups excluding carboxylic acids is 1. The van der Waals surface area contributed by atoms with E-state index in [1.807, 2.05) is 18.2 Å². The van der Waals surface area contributed by atoms with Crippen molar-refractivity contribution in [2.45, 2.75) is 30.4 Å². The molecule has 4 rings (SSSR count). The van der Waals surface area contributed by atoms with E-state index in [-0.39, 0.29) is 11.9 Å². The summed E-state index contributed by atoms with van der Waals surface area (Å²) >= 11 is 3.47. The lowest BCUT2D eigenvalue weighted by Gasteiger charge is -2.46. The van der Waals surface area contributed by atoms with Crippen LogP contribution in [0.3, 0.4) is 0 Å². The average Bonchev–Trinajstić information content (AvgIpc) is 2.74. The minimum atomic E-state index is -1.02. The van der Waals surface area contributed by atoms with Crippen molar-refractivity contribution in [3.63, 3.8) is 0 Å². The van der Waals surface area contributed by atoms with Crippen LogP contribution in [0.4, 0.5) is 0 Å². The van der Waals surface area contributed by atoms with Crippen molar-refractivity contribution in [1.82, 2.24) is 4.90 Å². The van der Waals surface area contributed by atoms with Crippen LogP contribution in [-0.4, -0.2) is 42.6 Å². The molecule has 0 saturated carbocycles. The normalized spacial score (nSPS) is 32.9. The standard InChI is InChI=1S/C16H18BrN3O3/c1-20-13(21)16(19-14(20)18)8-15(5-2-6-22-9-15)23-12-4-3-10(17)7-11(12)16/h3-4,7H,2,5-6,8-9H2,1H3,(H2,18,19)/t15-,16+/m1/s1. The van der Waals surface area contributed by atoms with E-state index in [0.717, 1.165) is 29.5 Å². The van der Waals surface area contributed by atoms with Gasteiger partial charge in [-0.05, 0) is 31.0 Å². The molecule has 122 valence electrons. The molecule has 23 heavy (non-hydrogen) atoms. The third-order valence-corrected chi connectivity index (χ3v) is 5.38. The predicted molar refractivity (Wildman–Crippen MR) is 88.2 cm³/mol. The van der Waals surface area contributed by atoms with Crippen LogP contribution >= 0.6 is 15.9 Å². The van der Waals surface area contributed by atoms with E-state index in [1.165, 1.54) is 4.90 Å². The fraction of sp³-hybridized carbons (Fsp3) is 0.500. The van der Waals surface area contributed by atoms with Gasteiger partial charge in [-0.15, -0.1) is 0 Å². The minimum Gasteiger partial charge on any atom is -0.484 e. The van der Waals surface area contributed by atoms with E-state index in [0.29, 0.717) is 18.8 Å². The highest BCUT2D eigenvalue weighted by atomic mass is 79.9. The number of benzene rings is 1. The van der Waals surface area contributed by atoms with Crippen LogP contribution in [0.5, 0.6) is 5.75 Å². The Kier molecular flexibility index (Phi) is 3.22. The first-order valence-electron chi connectivity index (χ1n) is 7.66. The number of fused-ring (bicyclic) bond motifs is 2. The van der Waals surface area contributed by atoms with E-state index in [4.69, 9.17) is 15.2 Å². The van der Waals surface area contributed by atoms with Crippen molar-refractivity contribution in [2.75, 3.05) is 20.3 Å². The zero-order chi connectivity index (χ0) is 16.2. The first kappa shape index (κ1) is 15.0. The molecular weight excluding hydrogens is 362 g/mol. The second-order valence-electron chi connectivity index (χ2n) is 6.45. The number of aliphatic imine (C=N–C) groups is 1. The molecule has 0 radical (unpaired) electrons. The summed E-state index contributed by atoms with van der Waals surface area (Å²) in [6.07, 6.45) is 2.20. The quantitative estimate of drug-likeness (QED) is 0.744. The third-order valence-electron chi connectivity index (χ3n) is 4.89. The van der Waals surface area contributed by atoms with E-state index in [1.54, 1.807) is 7.05 Å². The summed E-state index contributed by atoms with van der Waals surface area (Å²) in [6, 6.07) is 5.69. The molecule has 1 amide bonds. The number of nitrogens with two attached hydrogens (primary N) is 1. The van der Waals surface area contributed by atoms with Crippen molar-refractivity contribution in [2.24, 2.45) is 10.7 Å². The maximum Gasteiger partial charge on any atom is 0.261 e. The van der Waals surface area contributed by atoms with E-state index in [9.17, 15) is 4.79 Å². The molecule has 3 heterocycles. The molecule has 1 aromatic carbocycles. The largest absolute Gasteiger partial charge is 0.484 e. The van der Waals surface area contributed by atoms with Gasteiger partial charge in [-0.2, -0.15) is 0 Å². The van der Waals surface area contributed by atoms with Gasteiger partial charge in [0.15, 0.2) is 11.5 Å². The van der Waals surface area contributed by atoms with Crippen LogP contribution in [0.1, 0.15) is 24.8 Å². The molecule has 2 atom stereocenters. The smallest absolute Gasteiger partial charge is 0.261 e. The Balaban J connectivity index is 1.91. The number of hydrogen-bond acceptors (Lipinski definition) is 5. The summed E-state index contributed by atoms with van der Waals surface area (Å²) in [7, 11) is 1.66. The number of carbonyl (C=O) groups is 1. The van der Waals surface area contributed by atoms with Gasteiger partial charge in [0.25, 0.3) is 5.91 Å². The minimum absolute atomic E-state index is 0.109. The fourth-order valence-corrected chi connectivity index (χ4v) is 4.14. The van der Waals surface area contributed by atoms with E-state index < -0.39 is 11.1 Å². The SMILES string of the molecule is CN1C(=O)[C@@]2(C[C@@]3(CCCOC3)Oc3ccc(Br)cc32)N=C1N. The monoisotopic (exact) mass is 379 g/mol. The van der Waals surface area contributed by atoms with Crippen molar-refractivity contribution >= 4 is 27.8 Å². The molecule has 1 fully saturated rings. The topological polar surface area (TPSA) is 77.2 Å². The highest BCUT2D eigenvalue weighted by molar-refractivity contribution is 9.10. The molecule has 2 N–H and O–H groups in total. The third kappa shape index (κ3) is 2.10. The Morgan fingerprint density at radius 2 is 2.26 bits per heavy atom. The fourth-order valence-electron chi connectivity index (χ4n) is 3.78. The Morgan fingerprint density at radius 3 is 2.91 bits per heavy atom. The molecule has 1 saturated heterocycles. The molecule has 6 nitrogen and oxygen atoms in total. The molecule has 2 spiro atoms. The molecular formula is C16H18BrN3O3. The Bertz CT molecular complexity index is 715. The number of ether oxygens (including phenoxy) is 2. The van der Waals surface area contributed by atoms with Gasteiger partial charge in [0.05, 0.1) is 6.61 Å². The number of hydrogen-bond donors (Lipinski definition) is 1. The molecule has 3 aliphatic heterocycles. The van der Waals surface area contributed by atoms with Crippen molar-refractivity contribution in [1.29, 1.82) is 0 Å². The van der Waals surface area contributed by atoms with Gasteiger partial charge in [-0.3, -0.25) is 9.69 Å². The maximum absolute atomic E-state index is 13.0. The van der Waals surface area contributed by atoms with Gasteiger partial charge in [-0.1, -0.05) is 15.9 Å². The first-order chi connectivity index (χ1) is 11.0. The molecule has 1 aromatic rings. The maximum atomic E-state index is 13.0. The van der Waals surface area contributed by atoms with Gasteiger partial charge < -0.3 is 15.2 Å².